The highest BCUT2D eigenvalue weighted by molar-refractivity contribution is 4.83. The largest absolute Gasteiger partial charge is 0.369 e. The Morgan fingerprint density at radius 1 is 1.31 bits per heavy atom. The van der Waals surface area contributed by atoms with Crippen LogP contribution in [0.3, 0.4) is 0 Å². The summed E-state index contributed by atoms with van der Waals surface area (Å²) in [5, 5.41) is 0. The summed E-state index contributed by atoms with van der Waals surface area (Å²) in [6, 6.07) is 0. The number of halogens is 5. The molecule has 0 aliphatic heterocycles. The van der Waals surface area contributed by atoms with Gasteiger partial charge in [-0.3, -0.25) is 0 Å². The molecular formula is C7H11F5O. The lowest BCUT2D eigenvalue weighted by atomic mass is 10.1. The second-order valence-corrected chi connectivity index (χ2v) is 2.44. The van der Waals surface area contributed by atoms with Crippen LogP contribution in [0.1, 0.15) is 6.92 Å². The highest BCUT2D eigenvalue weighted by atomic mass is 19.3. The van der Waals surface area contributed by atoms with Crippen molar-refractivity contribution in [3.05, 3.63) is 0 Å². The molecule has 13 heavy (non-hydrogen) atoms. The zero-order valence-corrected chi connectivity index (χ0v) is 7.07. The minimum absolute atomic E-state index is 0.222. The maximum absolute atomic E-state index is 12.5. The molecule has 0 aromatic heterocycles. The van der Waals surface area contributed by atoms with Crippen LogP contribution < -0.4 is 0 Å². The highest BCUT2D eigenvalue weighted by Crippen LogP contribution is 2.26. The summed E-state index contributed by atoms with van der Waals surface area (Å²) in [6.07, 6.45) is -4.84. The van der Waals surface area contributed by atoms with Gasteiger partial charge in [0, 0.05) is 6.61 Å². The molecule has 0 aromatic carbocycles. The van der Waals surface area contributed by atoms with Gasteiger partial charge in [-0.2, -0.15) is 0 Å². The molecule has 2 atom stereocenters. The molecule has 80 valence electrons. The monoisotopic (exact) mass is 206 g/mol. The van der Waals surface area contributed by atoms with Crippen molar-refractivity contribution < 1.29 is 26.7 Å². The molecule has 6 heteroatoms. The van der Waals surface area contributed by atoms with E-state index in [9.17, 15) is 22.0 Å². The predicted octanol–water partition coefficient (Wildman–Crippen LogP) is 2.30. The van der Waals surface area contributed by atoms with Crippen LogP contribution in [-0.4, -0.2) is 38.2 Å². The molecule has 0 radical (unpaired) electrons. The number of rotatable bonds is 6. The molecule has 0 fully saturated rings. The van der Waals surface area contributed by atoms with Crippen molar-refractivity contribution in [2.45, 2.75) is 25.1 Å². The van der Waals surface area contributed by atoms with Gasteiger partial charge in [-0.15, -0.1) is 0 Å². The van der Waals surface area contributed by atoms with Gasteiger partial charge in [0.05, 0.1) is 0 Å². The van der Waals surface area contributed by atoms with Crippen molar-refractivity contribution in [2.75, 3.05) is 20.0 Å². The lowest BCUT2D eigenvalue weighted by Gasteiger charge is -2.25. The third-order valence-electron chi connectivity index (χ3n) is 1.42. The fourth-order valence-electron chi connectivity index (χ4n) is 0.827. The SMILES string of the molecule is CCOC(C(F)CF)C(F)(F)CF. The van der Waals surface area contributed by atoms with Crippen LogP contribution in [-0.2, 0) is 4.74 Å². The molecule has 0 spiro atoms. The van der Waals surface area contributed by atoms with E-state index in [2.05, 4.69) is 4.74 Å². The number of alkyl halides is 5. The Morgan fingerprint density at radius 3 is 2.15 bits per heavy atom. The van der Waals surface area contributed by atoms with Gasteiger partial charge in [0.1, 0.15) is 6.67 Å². The summed E-state index contributed by atoms with van der Waals surface area (Å²) >= 11 is 0. The molecule has 0 N–H and O–H groups in total. The van der Waals surface area contributed by atoms with Crippen molar-refractivity contribution >= 4 is 0 Å². The summed E-state index contributed by atoms with van der Waals surface area (Å²) < 4.78 is 65.3. The van der Waals surface area contributed by atoms with Crippen LogP contribution in [0.25, 0.3) is 0 Å². The molecule has 0 rings (SSSR count). The first-order valence-corrected chi connectivity index (χ1v) is 3.75. The first-order chi connectivity index (χ1) is 5.99. The van der Waals surface area contributed by atoms with E-state index in [1.165, 1.54) is 6.92 Å². The molecule has 0 aliphatic carbocycles. The van der Waals surface area contributed by atoms with Gasteiger partial charge in [0.25, 0.3) is 0 Å². The zero-order chi connectivity index (χ0) is 10.5. The summed E-state index contributed by atoms with van der Waals surface area (Å²) in [6.45, 7) is -2.55. The van der Waals surface area contributed by atoms with Crippen LogP contribution in [0.2, 0.25) is 0 Å². The Bertz CT molecular complexity index is 141. The van der Waals surface area contributed by atoms with E-state index in [-0.39, 0.29) is 6.61 Å². The van der Waals surface area contributed by atoms with E-state index in [0.717, 1.165) is 0 Å². The molecule has 0 bridgehead atoms. The van der Waals surface area contributed by atoms with Crippen molar-refractivity contribution in [1.29, 1.82) is 0 Å². The summed E-state index contributed by atoms with van der Waals surface area (Å²) in [7, 11) is 0. The van der Waals surface area contributed by atoms with E-state index < -0.39 is 31.5 Å². The van der Waals surface area contributed by atoms with Crippen molar-refractivity contribution in [2.24, 2.45) is 0 Å². The van der Waals surface area contributed by atoms with E-state index >= 15 is 0 Å². The first kappa shape index (κ1) is 12.6. The topological polar surface area (TPSA) is 9.23 Å². The van der Waals surface area contributed by atoms with Crippen LogP contribution in [0.5, 0.6) is 0 Å². The van der Waals surface area contributed by atoms with E-state index in [0.29, 0.717) is 0 Å². The van der Waals surface area contributed by atoms with Crippen LogP contribution in [0, 0.1) is 0 Å². The number of hydrogen-bond acceptors (Lipinski definition) is 1. The third kappa shape index (κ3) is 3.46. The lowest BCUT2D eigenvalue weighted by molar-refractivity contribution is -0.171. The van der Waals surface area contributed by atoms with Gasteiger partial charge >= 0.3 is 5.92 Å². The summed E-state index contributed by atoms with van der Waals surface area (Å²) in [4.78, 5) is 0. The Hall–Kier alpha value is -0.390. The van der Waals surface area contributed by atoms with Crippen molar-refractivity contribution in [3.8, 4) is 0 Å². The quantitative estimate of drug-likeness (QED) is 0.606. The standard InChI is InChI=1S/C7H11F5O/c1-2-13-6(5(10)3-8)7(11,12)4-9/h5-6H,2-4H2,1H3. The predicted molar refractivity (Wildman–Crippen MR) is 37.2 cm³/mol. The molecule has 0 saturated carbocycles. The number of hydrogen-bond donors (Lipinski definition) is 0. The van der Waals surface area contributed by atoms with Crippen molar-refractivity contribution in [1.82, 2.24) is 0 Å². The fourth-order valence-corrected chi connectivity index (χ4v) is 0.827. The molecule has 1 nitrogen and oxygen atoms in total. The van der Waals surface area contributed by atoms with Crippen LogP contribution in [0.4, 0.5) is 22.0 Å². The van der Waals surface area contributed by atoms with E-state index in [1.807, 2.05) is 0 Å². The maximum Gasteiger partial charge on any atom is 0.304 e. The van der Waals surface area contributed by atoms with Gasteiger partial charge in [0.15, 0.2) is 19.0 Å². The minimum atomic E-state index is -3.97. The third-order valence-corrected chi connectivity index (χ3v) is 1.42. The van der Waals surface area contributed by atoms with Crippen LogP contribution in [0.15, 0.2) is 0 Å². The normalized spacial score (nSPS) is 17.1. The van der Waals surface area contributed by atoms with E-state index in [4.69, 9.17) is 0 Å². The average molecular weight is 206 g/mol. The Labute approximate surface area is 72.9 Å². The molecule has 0 heterocycles. The highest BCUT2D eigenvalue weighted by Gasteiger charge is 2.45. The van der Waals surface area contributed by atoms with Crippen molar-refractivity contribution in [3.63, 3.8) is 0 Å². The van der Waals surface area contributed by atoms with Crippen LogP contribution >= 0.6 is 0 Å². The summed E-state index contributed by atoms with van der Waals surface area (Å²) in [5.41, 5.74) is 0. The zero-order valence-electron chi connectivity index (χ0n) is 7.07. The molecule has 0 aromatic rings. The first-order valence-electron chi connectivity index (χ1n) is 3.75. The van der Waals surface area contributed by atoms with Gasteiger partial charge < -0.3 is 4.74 Å². The maximum atomic E-state index is 12.5. The van der Waals surface area contributed by atoms with E-state index in [1.54, 1.807) is 0 Å². The molecular weight excluding hydrogens is 195 g/mol. The smallest absolute Gasteiger partial charge is 0.304 e. The molecule has 0 saturated heterocycles. The second kappa shape index (κ2) is 5.36. The molecule has 0 amide bonds. The second-order valence-electron chi connectivity index (χ2n) is 2.44. The summed E-state index contributed by atoms with van der Waals surface area (Å²) in [5.74, 6) is -3.97. The Kier molecular flexibility index (Phi) is 5.20. The molecule has 2 unspecified atom stereocenters. The molecule has 0 aliphatic rings. The Balaban J connectivity index is 4.39. The van der Waals surface area contributed by atoms with Gasteiger partial charge in [0.2, 0.25) is 0 Å². The number of ether oxygens (including phenoxy) is 1. The lowest BCUT2D eigenvalue weighted by Crippen LogP contribution is -2.45. The van der Waals surface area contributed by atoms with Gasteiger partial charge in [-0.05, 0) is 6.92 Å². The Morgan fingerprint density at radius 2 is 1.85 bits per heavy atom. The average Bonchev–Trinajstić information content (AvgIpc) is 2.12. The fraction of sp³-hybridized carbons (Fsp3) is 1.00. The minimum Gasteiger partial charge on any atom is -0.369 e. The van der Waals surface area contributed by atoms with Gasteiger partial charge in [-0.25, -0.2) is 22.0 Å². The van der Waals surface area contributed by atoms with Gasteiger partial charge in [-0.1, -0.05) is 0 Å².